The second-order valence-electron chi connectivity index (χ2n) is 7.20. The molecule has 170 valence electrons. The Labute approximate surface area is 183 Å². The molecule has 1 heterocycles. The zero-order valence-electron chi connectivity index (χ0n) is 17.0. The maximum Gasteiger partial charge on any atom is 0.416 e. The average Bonchev–Trinajstić information content (AvgIpc) is 3.26. The molecule has 2 aromatic carbocycles. The predicted molar refractivity (Wildman–Crippen MR) is 112 cm³/mol. The molecular weight excluding hydrogens is 445 g/mol. The Hall–Kier alpha value is -3.11. The fourth-order valence-corrected chi connectivity index (χ4v) is 4.05. The van der Waals surface area contributed by atoms with E-state index in [1.54, 1.807) is 25.1 Å². The summed E-state index contributed by atoms with van der Waals surface area (Å²) in [5.41, 5.74) is 0.124. The highest BCUT2D eigenvalue weighted by Gasteiger charge is 2.30. The molecule has 0 aliphatic rings. The zero-order valence-corrected chi connectivity index (χ0v) is 17.8. The van der Waals surface area contributed by atoms with Gasteiger partial charge in [0.25, 0.3) is 0 Å². The lowest BCUT2D eigenvalue weighted by molar-refractivity contribution is -0.137. The smallest absolute Gasteiger partial charge is 0.416 e. The van der Waals surface area contributed by atoms with E-state index in [0.29, 0.717) is 11.3 Å². The van der Waals surface area contributed by atoms with E-state index in [1.165, 1.54) is 36.6 Å². The Balaban J connectivity index is 1.61. The number of anilines is 1. The second-order valence-corrected chi connectivity index (χ2v) is 8.97. The third-order valence-electron chi connectivity index (χ3n) is 4.74. The fourth-order valence-electron chi connectivity index (χ4n) is 3.01. The molecule has 32 heavy (non-hydrogen) atoms. The summed E-state index contributed by atoms with van der Waals surface area (Å²) in [5.74, 6) is -0.273. The van der Waals surface area contributed by atoms with Gasteiger partial charge in [-0.25, -0.2) is 13.1 Å². The van der Waals surface area contributed by atoms with Crippen LogP contribution in [0.25, 0.3) is 0 Å². The summed E-state index contributed by atoms with van der Waals surface area (Å²) in [6.07, 6.45) is -2.97. The Bertz CT molecular complexity index is 1160. The predicted octanol–water partition coefficient (Wildman–Crippen LogP) is 4.91. The van der Waals surface area contributed by atoms with Gasteiger partial charge in [0, 0.05) is 12.1 Å². The van der Waals surface area contributed by atoms with Crippen molar-refractivity contribution in [2.45, 2.75) is 36.9 Å². The normalized spacial score (nSPS) is 13.0. The van der Waals surface area contributed by atoms with Crippen LogP contribution in [-0.2, 0) is 27.5 Å². The fraction of sp³-hybridized carbons (Fsp3) is 0.227. The van der Waals surface area contributed by atoms with Crippen molar-refractivity contribution in [3.8, 4) is 0 Å². The average molecular weight is 466 g/mol. The molecule has 1 aromatic heterocycles. The molecule has 3 aromatic rings. The lowest BCUT2D eigenvalue weighted by Gasteiger charge is -2.14. The molecule has 0 aliphatic heterocycles. The summed E-state index contributed by atoms with van der Waals surface area (Å²) < 4.78 is 70.6. The highest BCUT2D eigenvalue weighted by atomic mass is 32.2. The number of benzene rings is 2. The molecule has 6 nitrogen and oxygen atoms in total. The van der Waals surface area contributed by atoms with Gasteiger partial charge in [-0.3, -0.25) is 4.79 Å². The molecule has 1 unspecified atom stereocenters. The van der Waals surface area contributed by atoms with Crippen molar-refractivity contribution in [3.63, 3.8) is 0 Å². The number of furan rings is 1. The molecule has 10 heteroatoms. The van der Waals surface area contributed by atoms with Crippen LogP contribution in [0.2, 0.25) is 0 Å². The van der Waals surface area contributed by atoms with E-state index in [0.717, 1.165) is 12.1 Å². The van der Waals surface area contributed by atoms with Crippen LogP contribution in [0.4, 0.5) is 18.9 Å². The van der Waals surface area contributed by atoms with E-state index in [4.69, 9.17) is 4.42 Å². The van der Waals surface area contributed by atoms with Gasteiger partial charge in [0.1, 0.15) is 5.76 Å². The topological polar surface area (TPSA) is 88.4 Å². The number of rotatable bonds is 8. The largest absolute Gasteiger partial charge is 0.468 e. The molecule has 1 amide bonds. The van der Waals surface area contributed by atoms with Gasteiger partial charge in [0.15, 0.2) is 0 Å². The number of hydrogen-bond donors (Lipinski definition) is 2. The number of sulfonamides is 1. The standard InChI is InChI=1S/C22H21F3N2O4S/c1-15(16-7-9-17(10-8-16)22(23,24)25)12-21(28)27-18-4-2-6-20(13-18)32(29,30)26-14-19-5-3-11-31-19/h2-11,13,15,26H,12,14H2,1H3,(H,27,28). The van der Waals surface area contributed by atoms with E-state index in [1.807, 2.05) is 0 Å². The first-order chi connectivity index (χ1) is 15.0. The molecule has 2 N–H and O–H groups in total. The van der Waals surface area contributed by atoms with Crippen molar-refractivity contribution in [1.29, 1.82) is 0 Å². The number of nitrogens with one attached hydrogen (secondary N) is 2. The number of halogens is 3. The van der Waals surface area contributed by atoms with Crippen molar-refractivity contribution in [1.82, 2.24) is 4.72 Å². The Morgan fingerprint density at radius 3 is 2.41 bits per heavy atom. The van der Waals surface area contributed by atoms with E-state index >= 15 is 0 Å². The summed E-state index contributed by atoms with van der Waals surface area (Å²) in [6, 6.07) is 13.7. The third-order valence-corrected chi connectivity index (χ3v) is 6.14. The summed E-state index contributed by atoms with van der Waals surface area (Å²) in [5, 5.41) is 2.63. The van der Waals surface area contributed by atoms with Crippen molar-refractivity contribution < 1.29 is 30.8 Å². The van der Waals surface area contributed by atoms with Gasteiger partial charge in [-0.2, -0.15) is 13.2 Å². The van der Waals surface area contributed by atoms with Crippen LogP contribution in [0.5, 0.6) is 0 Å². The molecule has 0 aliphatic carbocycles. The van der Waals surface area contributed by atoms with Gasteiger partial charge in [-0.05, 0) is 53.9 Å². The van der Waals surface area contributed by atoms with Gasteiger partial charge < -0.3 is 9.73 Å². The van der Waals surface area contributed by atoms with Crippen molar-refractivity contribution in [2.24, 2.45) is 0 Å². The van der Waals surface area contributed by atoms with Crippen LogP contribution in [0.1, 0.15) is 36.1 Å². The molecule has 1 atom stereocenters. The van der Waals surface area contributed by atoms with Crippen LogP contribution in [-0.4, -0.2) is 14.3 Å². The van der Waals surface area contributed by atoms with Gasteiger partial charge in [-0.15, -0.1) is 0 Å². The lowest BCUT2D eigenvalue weighted by Crippen LogP contribution is -2.23. The molecule has 0 saturated carbocycles. The first-order valence-electron chi connectivity index (χ1n) is 9.64. The van der Waals surface area contributed by atoms with Crippen LogP contribution in [0.15, 0.2) is 76.2 Å². The minimum atomic E-state index is -4.42. The van der Waals surface area contributed by atoms with Gasteiger partial charge in [0.05, 0.1) is 23.3 Å². The monoisotopic (exact) mass is 466 g/mol. The zero-order chi connectivity index (χ0) is 23.4. The summed E-state index contributed by atoms with van der Waals surface area (Å²) in [6.45, 7) is 1.71. The van der Waals surface area contributed by atoms with Crippen LogP contribution >= 0.6 is 0 Å². The molecule has 0 saturated heterocycles. The van der Waals surface area contributed by atoms with Crippen molar-refractivity contribution in [3.05, 3.63) is 83.8 Å². The molecule has 3 rings (SSSR count). The van der Waals surface area contributed by atoms with E-state index in [9.17, 15) is 26.4 Å². The first kappa shape index (κ1) is 23.6. The first-order valence-corrected chi connectivity index (χ1v) is 11.1. The van der Waals surface area contributed by atoms with Crippen LogP contribution < -0.4 is 10.0 Å². The number of carbonyl (C=O) groups is 1. The third kappa shape index (κ3) is 6.21. The molecular formula is C22H21F3N2O4S. The minimum Gasteiger partial charge on any atom is -0.468 e. The SMILES string of the molecule is CC(CC(=O)Nc1cccc(S(=O)(=O)NCc2ccco2)c1)c1ccc(C(F)(F)F)cc1. The number of amides is 1. The van der Waals surface area contributed by atoms with E-state index < -0.39 is 27.7 Å². The number of hydrogen-bond acceptors (Lipinski definition) is 4. The number of carbonyl (C=O) groups excluding carboxylic acids is 1. The van der Waals surface area contributed by atoms with E-state index in [-0.39, 0.29) is 29.5 Å². The van der Waals surface area contributed by atoms with Crippen molar-refractivity contribution >= 4 is 21.6 Å². The van der Waals surface area contributed by atoms with Crippen molar-refractivity contribution in [2.75, 3.05) is 5.32 Å². The maximum absolute atomic E-state index is 12.7. The minimum absolute atomic E-state index is 0.0130. The van der Waals surface area contributed by atoms with E-state index in [2.05, 4.69) is 10.0 Å². The van der Waals surface area contributed by atoms with Gasteiger partial charge in [0.2, 0.25) is 15.9 Å². The maximum atomic E-state index is 12.7. The lowest BCUT2D eigenvalue weighted by atomic mass is 9.96. The summed E-state index contributed by atoms with van der Waals surface area (Å²) >= 11 is 0. The van der Waals surface area contributed by atoms with Crippen LogP contribution in [0.3, 0.4) is 0 Å². The Kier molecular flexibility index (Phi) is 7.05. The second kappa shape index (κ2) is 9.58. The Morgan fingerprint density at radius 2 is 1.78 bits per heavy atom. The van der Waals surface area contributed by atoms with Gasteiger partial charge in [-0.1, -0.05) is 25.1 Å². The summed E-state index contributed by atoms with van der Waals surface area (Å²) in [4.78, 5) is 12.4. The molecule has 0 fully saturated rings. The Morgan fingerprint density at radius 1 is 1.06 bits per heavy atom. The van der Waals surface area contributed by atoms with Crippen LogP contribution in [0, 0.1) is 0 Å². The molecule has 0 radical (unpaired) electrons. The summed E-state index contributed by atoms with van der Waals surface area (Å²) in [7, 11) is -3.83. The molecule has 0 spiro atoms. The highest BCUT2D eigenvalue weighted by molar-refractivity contribution is 7.89. The van der Waals surface area contributed by atoms with Gasteiger partial charge >= 0.3 is 6.18 Å². The highest BCUT2D eigenvalue weighted by Crippen LogP contribution is 2.30. The number of alkyl halides is 3. The quantitative estimate of drug-likeness (QED) is 0.494. The molecule has 0 bridgehead atoms.